The van der Waals surface area contributed by atoms with Crippen molar-refractivity contribution in [3.63, 3.8) is 0 Å². The van der Waals surface area contributed by atoms with Crippen molar-refractivity contribution in [2.24, 2.45) is 0 Å². The summed E-state index contributed by atoms with van der Waals surface area (Å²) in [6.07, 6.45) is 1.02. The molecule has 4 rings (SSSR count). The van der Waals surface area contributed by atoms with Gasteiger partial charge < -0.3 is 19.7 Å². The maximum Gasteiger partial charge on any atom is 0.204 e. The van der Waals surface area contributed by atoms with Gasteiger partial charge in [-0.1, -0.05) is 6.07 Å². The van der Waals surface area contributed by atoms with Crippen molar-refractivity contribution in [2.75, 3.05) is 44.7 Å². The van der Waals surface area contributed by atoms with Gasteiger partial charge in [0, 0.05) is 31.2 Å². The van der Waals surface area contributed by atoms with Gasteiger partial charge in [-0.05, 0) is 49.7 Å². The zero-order valence-corrected chi connectivity index (χ0v) is 18.0. The Balaban J connectivity index is 1.54. The van der Waals surface area contributed by atoms with Gasteiger partial charge in [0.1, 0.15) is 11.4 Å². The van der Waals surface area contributed by atoms with Crippen LogP contribution in [0.25, 0.3) is 11.0 Å². The van der Waals surface area contributed by atoms with Crippen LogP contribution in [-0.2, 0) is 17.2 Å². The fourth-order valence-corrected chi connectivity index (χ4v) is 3.91. The second kappa shape index (κ2) is 9.64. The van der Waals surface area contributed by atoms with Crippen LogP contribution in [0, 0.1) is 6.92 Å². The Labute approximate surface area is 181 Å². The lowest BCUT2D eigenvalue weighted by molar-refractivity contribution is 0.0378. The fourth-order valence-electron chi connectivity index (χ4n) is 3.74. The minimum Gasteiger partial charge on any atom is -0.506 e. The zero-order valence-electron chi connectivity index (χ0n) is 17.3. The summed E-state index contributed by atoms with van der Waals surface area (Å²) in [7, 11) is 0. The normalized spacial score (nSPS) is 15.0. The molecule has 0 radical (unpaired) electrons. The molecule has 1 saturated heterocycles. The summed E-state index contributed by atoms with van der Waals surface area (Å²) in [5.41, 5.74) is 4.40. The van der Waals surface area contributed by atoms with Crippen molar-refractivity contribution < 1.29 is 9.84 Å². The van der Waals surface area contributed by atoms with Crippen LogP contribution in [0.15, 0.2) is 30.3 Å². The number of pyridine rings is 1. The predicted octanol–water partition coefficient (Wildman–Crippen LogP) is 3.37. The average Bonchev–Trinajstić information content (AvgIpc) is 3.11. The topological polar surface area (TPSA) is 75.4 Å². The third-order valence-corrected chi connectivity index (χ3v) is 5.71. The number of halogens is 1. The second-order valence-electron chi connectivity index (χ2n) is 7.63. The van der Waals surface area contributed by atoms with Gasteiger partial charge in [-0.2, -0.15) is 0 Å². The molecule has 30 heavy (non-hydrogen) atoms. The maximum absolute atomic E-state index is 10.3. The molecule has 0 unspecified atom stereocenters. The fraction of sp³-hybridized carbons (Fsp3) is 0.455. The third kappa shape index (κ3) is 4.86. The number of hydrogen-bond acceptors (Lipinski definition) is 6. The number of nitrogens with one attached hydrogen (secondary N) is 1. The number of ether oxygens (including phenoxy) is 1. The highest BCUT2D eigenvalue weighted by Crippen LogP contribution is 2.25. The Hall–Kier alpha value is -2.35. The lowest BCUT2D eigenvalue weighted by atomic mass is 10.2. The van der Waals surface area contributed by atoms with E-state index in [1.807, 2.05) is 19.1 Å². The summed E-state index contributed by atoms with van der Waals surface area (Å²) in [4.78, 5) is 11.7. The number of aromatic hydroxyl groups is 1. The van der Waals surface area contributed by atoms with E-state index in [0.29, 0.717) is 18.1 Å². The monoisotopic (exact) mass is 429 g/mol. The Morgan fingerprint density at radius 3 is 2.80 bits per heavy atom. The molecule has 0 saturated carbocycles. The molecule has 2 aromatic heterocycles. The summed E-state index contributed by atoms with van der Waals surface area (Å²) < 4.78 is 7.48. The van der Waals surface area contributed by atoms with E-state index in [1.165, 1.54) is 0 Å². The number of morpholine rings is 1. The van der Waals surface area contributed by atoms with E-state index in [-0.39, 0.29) is 5.75 Å². The van der Waals surface area contributed by atoms with Crippen LogP contribution < -0.4 is 5.32 Å². The van der Waals surface area contributed by atoms with Crippen LogP contribution in [0.2, 0.25) is 0 Å². The molecule has 3 aromatic rings. The first kappa shape index (κ1) is 20.9. The third-order valence-electron chi connectivity index (χ3n) is 5.40. The molecule has 0 bridgehead atoms. The standard InChI is InChI=1S/C22H28ClN5O2/c1-16-3-6-21(29)19(25-16)15-28-20-13-17(14-23)4-5-18(20)26-22(28)24-7-2-8-27-9-11-30-12-10-27/h3-6,13,29H,2,7-12,14-15H2,1H3,(H,24,26). The van der Waals surface area contributed by atoms with Crippen molar-refractivity contribution in [1.82, 2.24) is 19.4 Å². The van der Waals surface area contributed by atoms with Crippen molar-refractivity contribution in [3.8, 4) is 5.75 Å². The number of aromatic nitrogens is 3. The number of alkyl halides is 1. The molecule has 160 valence electrons. The number of fused-ring (bicyclic) bond motifs is 1. The molecular formula is C22H28ClN5O2. The highest BCUT2D eigenvalue weighted by atomic mass is 35.5. The quantitative estimate of drug-likeness (QED) is 0.422. The number of aryl methyl sites for hydroxylation is 1. The number of imidazole rings is 1. The molecule has 0 spiro atoms. The van der Waals surface area contributed by atoms with Crippen molar-refractivity contribution in [3.05, 3.63) is 47.3 Å². The van der Waals surface area contributed by atoms with Gasteiger partial charge in [-0.15, -0.1) is 11.6 Å². The van der Waals surface area contributed by atoms with E-state index >= 15 is 0 Å². The molecule has 1 fully saturated rings. The number of benzene rings is 1. The first-order valence-electron chi connectivity index (χ1n) is 10.4. The van der Waals surface area contributed by atoms with E-state index in [1.54, 1.807) is 12.1 Å². The Morgan fingerprint density at radius 2 is 2.00 bits per heavy atom. The minimum absolute atomic E-state index is 0.189. The summed E-state index contributed by atoms with van der Waals surface area (Å²) >= 11 is 6.06. The van der Waals surface area contributed by atoms with E-state index < -0.39 is 0 Å². The lowest BCUT2D eigenvalue weighted by Crippen LogP contribution is -2.37. The largest absolute Gasteiger partial charge is 0.506 e. The van der Waals surface area contributed by atoms with Crippen LogP contribution >= 0.6 is 11.6 Å². The Morgan fingerprint density at radius 1 is 1.17 bits per heavy atom. The van der Waals surface area contributed by atoms with Gasteiger partial charge in [-0.3, -0.25) is 9.88 Å². The number of anilines is 1. The van der Waals surface area contributed by atoms with Crippen LogP contribution in [-0.4, -0.2) is 63.9 Å². The predicted molar refractivity (Wildman–Crippen MR) is 119 cm³/mol. The Bertz CT molecular complexity index is 1000. The summed E-state index contributed by atoms with van der Waals surface area (Å²) in [6, 6.07) is 9.54. The smallest absolute Gasteiger partial charge is 0.204 e. The second-order valence-corrected chi connectivity index (χ2v) is 7.90. The zero-order chi connectivity index (χ0) is 20.9. The van der Waals surface area contributed by atoms with Gasteiger partial charge in [0.15, 0.2) is 0 Å². The van der Waals surface area contributed by atoms with Crippen LogP contribution in [0.5, 0.6) is 5.75 Å². The molecule has 0 amide bonds. The molecule has 0 aliphatic carbocycles. The number of rotatable bonds is 8. The van der Waals surface area contributed by atoms with E-state index in [9.17, 15) is 5.11 Å². The Kier molecular flexibility index (Phi) is 6.72. The van der Waals surface area contributed by atoms with Crippen LogP contribution in [0.4, 0.5) is 5.95 Å². The molecule has 1 aromatic carbocycles. The molecule has 2 N–H and O–H groups in total. The van der Waals surface area contributed by atoms with Gasteiger partial charge >= 0.3 is 0 Å². The van der Waals surface area contributed by atoms with Gasteiger partial charge in [0.25, 0.3) is 0 Å². The summed E-state index contributed by atoms with van der Waals surface area (Å²) in [5, 5.41) is 13.8. The minimum atomic E-state index is 0.189. The first-order chi connectivity index (χ1) is 14.6. The summed E-state index contributed by atoms with van der Waals surface area (Å²) in [5.74, 6) is 1.41. The number of hydrogen-bond donors (Lipinski definition) is 2. The van der Waals surface area contributed by atoms with E-state index in [4.69, 9.17) is 21.3 Å². The molecule has 0 atom stereocenters. The van der Waals surface area contributed by atoms with Crippen molar-refractivity contribution in [1.29, 1.82) is 0 Å². The van der Waals surface area contributed by atoms with Gasteiger partial charge in [0.2, 0.25) is 5.95 Å². The molecular weight excluding hydrogens is 402 g/mol. The van der Waals surface area contributed by atoms with Crippen LogP contribution in [0.3, 0.4) is 0 Å². The van der Waals surface area contributed by atoms with Crippen molar-refractivity contribution in [2.45, 2.75) is 25.8 Å². The summed E-state index contributed by atoms with van der Waals surface area (Å²) in [6.45, 7) is 7.84. The first-order valence-corrected chi connectivity index (χ1v) is 10.9. The van der Waals surface area contributed by atoms with E-state index in [2.05, 4.69) is 25.8 Å². The van der Waals surface area contributed by atoms with Crippen LogP contribution in [0.1, 0.15) is 23.4 Å². The molecule has 3 heterocycles. The van der Waals surface area contributed by atoms with Gasteiger partial charge in [0.05, 0.1) is 30.8 Å². The average molecular weight is 430 g/mol. The SMILES string of the molecule is Cc1ccc(O)c(Cn2c(NCCCN3CCOCC3)nc3ccc(CCl)cc32)n1. The van der Waals surface area contributed by atoms with E-state index in [0.717, 1.165) is 74.1 Å². The van der Waals surface area contributed by atoms with Crippen molar-refractivity contribution >= 4 is 28.6 Å². The highest BCUT2D eigenvalue weighted by Gasteiger charge is 2.15. The molecule has 1 aliphatic rings. The highest BCUT2D eigenvalue weighted by molar-refractivity contribution is 6.17. The van der Waals surface area contributed by atoms with Gasteiger partial charge in [-0.25, -0.2) is 4.98 Å². The molecule has 7 nitrogen and oxygen atoms in total. The molecule has 8 heteroatoms. The lowest BCUT2D eigenvalue weighted by Gasteiger charge is -2.26. The molecule has 1 aliphatic heterocycles. The maximum atomic E-state index is 10.3. The number of nitrogens with zero attached hydrogens (tertiary/aromatic N) is 4.